The zero-order chi connectivity index (χ0) is 13.4. The average Bonchev–Trinajstić information content (AvgIpc) is 2.56. The molecule has 0 aliphatic carbocycles. The van der Waals surface area contributed by atoms with E-state index >= 15 is 0 Å². The lowest BCUT2D eigenvalue weighted by Crippen LogP contribution is -2.34. The largest absolute Gasteiger partial charge is 0.378 e. The maximum absolute atomic E-state index is 12.0. The highest BCUT2D eigenvalue weighted by molar-refractivity contribution is 5.85. The van der Waals surface area contributed by atoms with Crippen molar-refractivity contribution in [1.29, 1.82) is 0 Å². The predicted octanol–water partition coefficient (Wildman–Crippen LogP) is 2.07. The number of amides is 1. The maximum atomic E-state index is 12.0. The molecule has 1 heterocycles. The summed E-state index contributed by atoms with van der Waals surface area (Å²) in [6.45, 7) is 10.7. The van der Waals surface area contributed by atoms with Crippen LogP contribution in [0.4, 0.5) is 0 Å². The van der Waals surface area contributed by atoms with Crippen LogP contribution in [0.25, 0.3) is 0 Å². The number of halogens is 1. The van der Waals surface area contributed by atoms with Crippen molar-refractivity contribution in [3.63, 3.8) is 0 Å². The van der Waals surface area contributed by atoms with Crippen LogP contribution in [0.3, 0.4) is 0 Å². The van der Waals surface area contributed by atoms with Gasteiger partial charge in [0.05, 0.1) is 19.1 Å². The molecule has 1 saturated heterocycles. The number of rotatable bonds is 6. The van der Waals surface area contributed by atoms with E-state index in [1.165, 1.54) is 0 Å². The van der Waals surface area contributed by atoms with E-state index < -0.39 is 0 Å². The zero-order valence-electron chi connectivity index (χ0n) is 12.5. The second kappa shape index (κ2) is 10.5. The first-order chi connectivity index (χ1) is 8.59. The third kappa shape index (κ3) is 8.45. The Balaban J connectivity index is 0.00000324. The van der Waals surface area contributed by atoms with Crippen molar-refractivity contribution in [1.82, 2.24) is 10.2 Å². The molecule has 1 unspecified atom stereocenters. The number of nitrogens with zero attached hydrogens (tertiary/aromatic N) is 1. The number of ether oxygens (including phenoxy) is 1. The molecule has 1 atom stereocenters. The zero-order valence-corrected chi connectivity index (χ0v) is 13.3. The standard InChI is InChI=1S/C14H28N2O2.ClH/c1-12(2)11-13(3)18-10-5-14(17)16-8-4-6-15-7-9-16;/h12-13,15H,4-11H2,1-3H3;1H. The first-order valence-corrected chi connectivity index (χ1v) is 7.19. The highest BCUT2D eigenvalue weighted by Crippen LogP contribution is 2.08. The van der Waals surface area contributed by atoms with Crippen LogP contribution in [-0.4, -0.2) is 49.7 Å². The van der Waals surface area contributed by atoms with Gasteiger partial charge in [-0.25, -0.2) is 0 Å². The second-order valence-corrected chi connectivity index (χ2v) is 5.55. The molecule has 1 rings (SSSR count). The Morgan fingerprint density at radius 2 is 2.00 bits per heavy atom. The molecule has 0 radical (unpaired) electrons. The molecule has 5 heteroatoms. The Morgan fingerprint density at radius 3 is 2.68 bits per heavy atom. The lowest BCUT2D eigenvalue weighted by molar-refractivity contribution is -0.132. The molecule has 114 valence electrons. The van der Waals surface area contributed by atoms with Crippen molar-refractivity contribution in [3.05, 3.63) is 0 Å². The van der Waals surface area contributed by atoms with E-state index in [4.69, 9.17) is 4.74 Å². The van der Waals surface area contributed by atoms with Gasteiger partial charge in [0.15, 0.2) is 0 Å². The van der Waals surface area contributed by atoms with Gasteiger partial charge in [0.2, 0.25) is 5.91 Å². The average molecular weight is 293 g/mol. The smallest absolute Gasteiger partial charge is 0.224 e. The van der Waals surface area contributed by atoms with Crippen LogP contribution >= 0.6 is 12.4 Å². The molecule has 0 saturated carbocycles. The molecule has 0 aromatic carbocycles. The first-order valence-electron chi connectivity index (χ1n) is 7.19. The lowest BCUT2D eigenvalue weighted by atomic mass is 10.1. The van der Waals surface area contributed by atoms with E-state index in [2.05, 4.69) is 26.1 Å². The number of nitrogens with one attached hydrogen (secondary N) is 1. The van der Waals surface area contributed by atoms with E-state index in [0.717, 1.165) is 39.0 Å². The first kappa shape index (κ1) is 18.7. The third-order valence-corrected chi connectivity index (χ3v) is 3.21. The Labute approximate surface area is 123 Å². The van der Waals surface area contributed by atoms with Gasteiger partial charge in [0, 0.05) is 19.6 Å². The van der Waals surface area contributed by atoms with Crippen molar-refractivity contribution < 1.29 is 9.53 Å². The summed E-state index contributed by atoms with van der Waals surface area (Å²) in [6, 6.07) is 0. The Hall–Kier alpha value is -0.320. The Morgan fingerprint density at radius 1 is 1.26 bits per heavy atom. The normalized spacial score (nSPS) is 17.8. The molecule has 1 aliphatic rings. The highest BCUT2D eigenvalue weighted by atomic mass is 35.5. The number of carbonyl (C=O) groups is 1. The summed E-state index contributed by atoms with van der Waals surface area (Å²) >= 11 is 0. The van der Waals surface area contributed by atoms with Crippen LogP contribution in [-0.2, 0) is 9.53 Å². The molecule has 0 aromatic rings. The van der Waals surface area contributed by atoms with Gasteiger partial charge < -0.3 is 15.0 Å². The van der Waals surface area contributed by atoms with Crippen LogP contribution < -0.4 is 5.32 Å². The van der Waals surface area contributed by atoms with Crippen molar-refractivity contribution in [3.8, 4) is 0 Å². The van der Waals surface area contributed by atoms with E-state index in [1.807, 2.05) is 4.90 Å². The van der Waals surface area contributed by atoms with Gasteiger partial charge >= 0.3 is 0 Å². The molecule has 19 heavy (non-hydrogen) atoms. The molecule has 0 bridgehead atoms. The summed E-state index contributed by atoms with van der Waals surface area (Å²) in [4.78, 5) is 13.9. The fourth-order valence-corrected chi connectivity index (χ4v) is 2.33. The maximum Gasteiger partial charge on any atom is 0.224 e. The minimum atomic E-state index is 0. The number of hydrogen-bond donors (Lipinski definition) is 1. The highest BCUT2D eigenvalue weighted by Gasteiger charge is 2.15. The fraction of sp³-hybridized carbons (Fsp3) is 0.929. The molecule has 0 aromatic heterocycles. The third-order valence-electron chi connectivity index (χ3n) is 3.21. The summed E-state index contributed by atoms with van der Waals surface area (Å²) in [5.41, 5.74) is 0. The Bertz CT molecular complexity index is 242. The molecule has 1 fully saturated rings. The van der Waals surface area contributed by atoms with Crippen molar-refractivity contribution >= 4 is 18.3 Å². The molecular formula is C14H29ClN2O2. The molecular weight excluding hydrogens is 264 g/mol. The molecule has 1 N–H and O–H groups in total. The monoisotopic (exact) mass is 292 g/mol. The van der Waals surface area contributed by atoms with Crippen LogP contribution in [0.1, 0.15) is 40.0 Å². The minimum absolute atomic E-state index is 0. The van der Waals surface area contributed by atoms with E-state index in [-0.39, 0.29) is 24.4 Å². The molecule has 1 amide bonds. The fourth-order valence-electron chi connectivity index (χ4n) is 2.33. The van der Waals surface area contributed by atoms with Gasteiger partial charge in [0.25, 0.3) is 0 Å². The summed E-state index contributed by atoms with van der Waals surface area (Å²) in [7, 11) is 0. The molecule has 4 nitrogen and oxygen atoms in total. The summed E-state index contributed by atoms with van der Waals surface area (Å²) < 4.78 is 5.68. The van der Waals surface area contributed by atoms with Crippen LogP contribution in [0.2, 0.25) is 0 Å². The second-order valence-electron chi connectivity index (χ2n) is 5.55. The van der Waals surface area contributed by atoms with E-state index in [9.17, 15) is 4.79 Å². The molecule has 0 spiro atoms. The van der Waals surface area contributed by atoms with Crippen molar-refractivity contribution in [2.75, 3.05) is 32.8 Å². The topological polar surface area (TPSA) is 41.6 Å². The van der Waals surface area contributed by atoms with Crippen LogP contribution in [0.5, 0.6) is 0 Å². The molecule has 1 aliphatic heterocycles. The van der Waals surface area contributed by atoms with Gasteiger partial charge in [-0.1, -0.05) is 13.8 Å². The van der Waals surface area contributed by atoms with Crippen LogP contribution in [0, 0.1) is 5.92 Å². The lowest BCUT2D eigenvalue weighted by Gasteiger charge is -2.21. The summed E-state index contributed by atoms with van der Waals surface area (Å²) in [5, 5.41) is 3.30. The summed E-state index contributed by atoms with van der Waals surface area (Å²) in [6.07, 6.45) is 2.88. The summed E-state index contributed by atoms with van der Waals surface area (Å²) in [5.74, 6) is 0.878. The van der Waals surface area contributed by atoms with Crippen LogP contribution in [0.15, 0.2) is 0 Å². The Kier molecular flexibility index (Phi) is 10.3. The predicted molar refractivity (Wildman–Crippen MR) is 80.8 cm³/mol. The minimum Gasteiger partial charge on any atom is -0.378 e. The van der Waals surface area contributed by atoms with Gasteiger partial charge in [-0.05, 0) is 32.2 Å². The van der Waals surface area contributed by atoms with Gasteiger partial charge in [-0.15, -0.1) is 12.4 Å². The number of hydrogen-bond acceptors (Lipinski definition) is 3. The number of carbonyl (C=O) groups excluding carboxylic acids is 1. The SMILES string of the molecule is CC(C)CC(C)OCCC(=O)N1CCCNCC1.Cl. The van der Waals surface area contributed by atoms with E-state index in [0.29, 0.717) is 18.9 Å². The van der Waals surface area contributed by atoms with Crippen molar-refractivity contribution in [2.24, 2.45) is 5.92 Å². The van der Waals surface area contributed by atoms with Crippen molar-refractivity contribution in [2.45, 2.75) is 46.1 Å². The van der Waals surface area contributed by atoms with Gasteiger partial charge in [0.1, 0.15) is 0 Å². The van der Waals surface area contributed by atoms with Gasteiger partial charge in [-0.3, -0.25) is 4.79 Å². The van der Waals surface area contributed by atoms with Gasteiger partial charge in [-0.2, -0.15) is 0 Å². The quantitative estimate of drug-likeness (QED) is 0.815. The van der Waals surface area contributed by atoms with E-state index in [1.54, 1.807) is 0 Å².